The molecule has 0 bridgehead atoms. The molecule has 0 spiro atoms. The van der Waals surface area contributed by atoms with Crippen molar-refractivity contribution in [2.75, 3.05) is 13.6 Å². The number of fused-ring (bicyclic) bond motifs is 1. The van der Waals surface area contributed by atoms with Gasteiger partial charge in [0.25, 0.3) is 0 Å². The first kappa shape index (κ1) is 15.7. The minimum Gasteiger partial charge on any atom is -0.378 e. The quantitative estimate of drug-likeness (QED) is 0.612. The lowest BCUT2D eigenvalue weighted by molar-refractivity contribution is 0.0986. The Morgan fingerprint density at radius 3 is 2.13 bits per heavy atom. The number of allylic oxidation sites excluding steroid dienone is 4. The van der Waals surface area contributed by atoms with Crippen LogP contribution in [-0.2, 0) is 0 Å². The first-order valence-corrected chi connectivity index (χ1v) is 8.17. The summed E-state index contributed by atoms with van der Waals surface area (Å²) in [6.45, 7) is 7.41. The highest BCUT2D eigenvalue weighted by molar-refractivity contribution is 6.40. The van der Waals surface area contributed by atoms with E-state index in [0.717, 1.165) is 25.0 Å². The Labute approximate surface area is 137 Å². The number of ketones is 2. The Hall–Kier alpha value is -2.16. The topological polar surface area (TPSA) is 37.4 Å². The van der Waals surface area contributed by atoms with Crippen LogP contribution < -0.4 is 0 Å². The van der Waals surface area contributed by atoms with Crippen LogP contribution in [0.5, 0.6) is 0 Å². The third-order valence-corrected chi connectivity index (χ3v) is 4.83. The molecule has 3 nitrogen and oxygen atoms in total. The summed E-state index contributed by atoms with van der Waals surface area (Å²) in [5, 5.41) is 0. The lowest BCUT2D eigenvalue weighted by atomic mass is 9.75. The van der Waals surface area contributed by atoms with Crippen molar-refractivity contribution in [3.8, 4) is 0 Å². The highest BCUT2D eigenvalue weighted by atomic mass is 16.2. The Balaban J connectivity index is 2.14. The van der Waals surface area contributed by atoms with Crippen molar-refractivity contribution in [1.82, 2.24) is 4.90 Å². The van der Waals surface area contributed by atoms with Crippen LogP contribution in [-0.4, -0.2) is 30.1 Å². The van der Waals surface area contributed by atoms with Crippen molar-refractivity contribution in [3.05, 3.63) is 58.3 Å². The number of hydrogen-bond donors (Lipinski definition) is 0. The number of rotatable bonds is 2. The summed E-state index contributed by atoms with van der Waals surface area (Å²) in [6, 6.07) is 7.13. The largest absolute Gasteiger partial charge is 0.378 e. The summed E-state index contributed by atoms with van der Waals surface area (Å²) in [5.74, 6) is -0.235. The normalized spacial score (nSPS) is 19.7. The van der Waals surface area contributed by atoms with Gasteiger partial charge in [-0.05, 0) is 36.8 Å². The third kappa shape index (κ3) is 2.65. The predicted molar refractivity (Wildman–Crippen MR) is 91.5 cm³/mol. The van der Waals surface area contributed by atoms with Crippen LogP contribution in [0, 0.1) is 5.41 Å². The number of carbonyl (C=O) groups excluding carboxylic acids is 2. The van der Waals surface area contributed by atoms with E-state index in [1.54, 1.807) is 12.1 Å². The zero-order valence-electron chi connectivity index (χ0n) is 14.3. The molecule has 0 saturated heterocycles. The Morgan fingerprint density at radius 2 is 1.61 bits per heavy atom. The van der Waals surface area contributed by atoms with Crippen LogP contribution in [0.1, 0.15) is 54.3 Å². The number of nitrogens with zero attached hydrogens (tertiary/aromatic N) is 1. The first-order valence-electron chi connectivity index (χ1n) is 8.17. The van der Waals surface area contributed by atoms with Crippen molar-refractivity contribution in [3.63, 3.8) is 0 Å². The molecule has 0 atom stereocenters. The van der Waals surface area contributed by atoms with E-state index in [2.05, 4.69) is 38.8 Å². The van der Waals surface area contributed by atoms with E-state index < -0.39 is 0 Å². The molecule has 2 aliphatic rings. The van der Waals surface area contributed by atoms with Gasteiger partial charge in [0.15, 0.2) is 11.6 Å². The van der Waals surface area contributed by atoms with Crippen LogP contribution in [0.25, 0.3) is 0 Å². The maximum atomic E-state index is 12.7. The minimum atomic E-state index is -0.118. The molecule has 23 heavy (non-hydrogen) atoms. The first-order chi connectivity index (χ1) is 10.8. The summed E-state index contributed by atoms with van der Waals surface area (Å²) in [5.41, 5.74) is 3.60. The molecular weight excluding hydrogens is 286 g/mol. The Bertz CT molecular complexity index is 716. The van der Waals surface area contributed by atoms with Gasteiger partial charge < -0.3 is 4.90 Å². The summed E-state index contributed by atoms with van der Waals surface area (Å²) in [6.07, 6.45) is 3.78. The molecule has 2 aliphatic carbocycles. The number of carbonyl (C=O) groups is 2. The monoisotopic (exact) mass is 309 g/mol. The molecule has 0 fully saturated rings. The van der Waals surface area contributed by atoms with Crippen molar-refractivity contribution in [2.45, 2.75) is 33.6 Å². The lowest BCUT2D eigenvalue weighted by Gasteiger charge is -2.35. The van der Waals surface area contributed by atoms with Crippen LogP contribution in [0.15, 0.2) is 47.2 Å². The van der Waals surface area contributed by atoms with Crippen molar-refractivity contribution in [1.29, 1.82) is 0 Å². The fourth-order valence-electron chi connectivity index (χ4n) is 3.52. The third-order valence-electron chi connectivity index (χ3n) is 4.83. The number of Topliss-reactive ketones (excluding diaryl/α,β-unsaturated/α-hetero) is 2. The average Bonchev–Trinajstić information content (AvgIpc) is 2.77. The summed E-state index contributed by atoms with van der Waals surface area (Å²) < 4.78 is 0. The van der Waals surface area contributed by atoms with Gasteiger partial charge in [-0.2, -0.15) is 0 Å². The zero-order valence-corrected chi connectivity index (χ0v) is 14.3. The molecule has 120 valence electrons. The van der Waals surface area contributed by atoms with E-state index in [9.17, 15) is 9.59 Å². The second kappa shape index (κ2) is 5.48. The number of hydrogen-bond acceptors (Lipinski definition) is 3. The molecule has 0 aromatic heterocycles. The number of benzene rings is 1. The fourth-order valence-corrected chi connectivity index (χ4v) is 3.52. The van der Waals surface area contributed by atoms with Gasteiger partial charge >= 0.3 is 0 Å². The highest BCUT2D eigenvalue weighted by Crippen LogP contribution is 2.42. The van der Waals surface area contributed by atoms with Gasteiger partial charge in [-0.1, -0.05) is 38.1 Å². The minimum absolute atomic E-state index is 0.0468. The van der Waals surface area contributed by atoms with Crippen LogP contribution in [0.3, 0.4) is 0 Å². The molecule has 0 amide bonds. The van der Waals surface area contributed by atoms with Crippen molar-refractivity contribution in [2.24, 2.45) is 5.41 Å². The average molecular weight is 309 g/mol. The SMILES string of the molecule is CCN(C)C1=CC(=C2C(=O)c3ccccc3C2=O)CC(C)(C)C1. The van der Waals surface area contributed by atoms with E-state index in [1.165, 1.54) is 5.70 Å². The van der Waals surface area contributed by atoms with Gasteiger partial charge in [-0.3, -0.25) is 9.59 Å². The Morgan fingerprint density at radius 1 is 1.04 bits per heavy atom. The van der Waals surface area contributed by atoms with E-state index in [1.807, 2.05) is 12.1 Å². The van der Waals surface area contributed by atoms with Crippen LogP contribution in [0.2, 0.25) is 0 Å². The van der Waals surface area contributed by atoms with Crippen LogP contribution >= 0.6 is 0 Å². The molecule has 0 radical (unpaired) electrons. The van der Waals surface area contributed by atoms with Gasteiger partial charge in [0.1, 0.15) is 0 Å². The van der Waals surface area contributed by atoms with Gasteiger partial charge in [-0.15, -0.1) is 0 Å². The van der Waals surface area contributed by atoms with Gasteiger partial charge in [-0.25, -0.2) is 0 Å². The molecular formula is C20H23NO2. The summed E-state index contributed by atoms with van der Waals surface area (Å²) in [4.78, 5) is 27.7. The maximum absolute atomic E-state index is 12.7. The molecule has 0 unspecified atom stereocenters. The Kier molecular flexibility index (Phi) is 3.75. The van der Waals surface area contributed by atoms with Gasteiger partial charge in [0.2, 0.25) is 0 Å². The molecule has 0 saturated carbocycles. The molecule has 3 rings (SSSR count). The van der Waals surface area contributed by atoms with Crippen molar-refractivity contribution < 1.29 is 9.59 Å². The summed E-state index contributed by atoms with van der Waals surface area (Å²) in [7, 11) is 2.06. The van der Waals surface area contributed by atoms with E-state index in [0.29, 0.717) is 16.7 Å². The predicted octanol–water partition coefficient (Wildman–Crippen LogP) is 4.02. The lowest BCUT2D eigenvalue weighted by Crippen LogP contribution is -2.27. The molecule has 3 heteroatoms. The van der Waals surface area contributed by atoms with Crippen molar-refractivity contribution >= 4 is 11.6 Å². The molecule has 0 heterocycles. The standard InChI is InChI=1S/C20H23NO2/c1-5-21(4)14-10-13(11-20(2,3)12-14)17-18(22)15-8-6-7-9-16(15)19(17)23/h6-10H,5,11-12H2,1-4H3. The molecule has 0 N–H and O–H groups in total. The van der Waals surface area contributed by atoms with Crippen LogP contribution in [0.4, 0.5) is 0 Å². The van der Waals surface area contributed by atoms with E-state index >= 15 is 0 Å². The zero-order chi connectivity index (χ0) is 16.8. The smallest absolute Gasteiger partial charge is 0.198 e. The molecule has 0 aliphatic heterocycles. The van der Waals surface area contributed by atoms with Gasteiger partial charge in [0.05, 0.1) is 5.57 Å². The fraction of sp³-hybridized carbons (Fsp3) is 0.400. The van der Waals surface area contributed by atoms with E-state index in [4.69, 9.17) is 0 Å². The summed E-state index contributed by atoms with van der Waals surface area (Å²) >= 11 is 0. The molecule has 1 aromatic carbocycles. The molecule has 1 aromatic rings. The maximum Gasteiger partial charge on any atom is 0.198 e. The highest BCUT2D eigenvalue weighted by Gasteiger charge is 2.37. The second-order valence-corrected chi connectivity index (χ2v) is 7.27. The van der Waals surface area contributed by atoms with Gasteiger partial charge in [0, 0.05) is 30.4 Å². The van der Waals surface area contributed by atoms with E-state index in [-0.39, 0.29) is 17.0 Å². The second-order valence-electron chi connectivity index (χ2n) is 7.27.